The van der Waals surface area contributed by atoms with Crippen LogP contribution >= 0.6 is 0 Å². The Balaban J connectivity index is 2.96. The number of alkyl halides is 3. The number of anilines is 1. The van der Waals surface area contributed by atoms with Crippen molar-refractivity contribution in [2.24, 2.45) is 0 Å². The van der Waals surface area contributed by atoms with Gasteiger partial charge in [-0.3, -0.25) is 0 Å². The van der Waals surface area contributed by atoms with E-state index in [1.807, 2.05) is 0 Å². The molecule has 0 unspecified atom stereocenters. The van der Waals surface area contributed by atoms with Crippen molar-refractivity contribution in [2.75, 3.05) is 18.5 Å². The number of nitrogens with zero attached hydrogens (tertiary/aromatic N) is 2. The highest BCUT2D eigenvalue weighted by atomic mass is 19.4. The normalized spacial score (nSPS) is 11.0. The van der Waals surface area contributed by atoms with Gasteiger partial charge in [-0.05, 0) is 18.2 Å². The average Bonchev–Trinajstić information content (AvgIpc) is 2.14. The minimum absolute atomic E-state index is 0.0102. The van der Waals surface area contributed by atoms with Gasteiger partial charge in [-0.2, -0.15) is 18.4 Å². The molecule has 1 rings (SSSR count). The smallest absolute Gasteiger partial charge is 0.366 e. The highest BCUT2D eigenvalue weighted by Gasteiger charge is 2.29. The van der Waals surface area contributed by atoms with E-state index in [1.54, 1.807) is 6.07 Å². The Morgan fingerprint density at radius 3 is 2.44 bits per heavy atom. The molecule has 0 saturated heterocycles. The largest absolute Gasteiger partial charge is 0.405 e. The van der Waals surface area contributed by atoms with Crippen LogP contribution < -0.4 is 4.90 Å². The van der Waals surface area contributed by atoms with Crippen molar-refractivity contribution < 1.29 is 17.6 Å². The average molecular weight is 232 g/mol. The van der Waals surface area contributed by atoms with Gasteiger partial charge in [0.05, 0.1) is 11.6 Å². The minimum atomic E-state index is -4.37. The van der Waals surface area contributed by atoms with E-state index in [4.69, 9.17) is 5.26 Å². The third-order valence-electron chi connectivity index (χ3n) is 1.87. The fraction of sp³-hybridized carbons (Fsp3) is 0.300. The van der Waals surface area contributed by atoms with Crippen molar-refractivity contribution in [3.05, 3.63) is 29.6 Å². The summed E-state index contributed by atoms with van der Waals surface area (Å²) in [7, 11) is 1.18. The third kappa shape index (κ3) is 3.42. The van der Waals surface area contributed by atoms with Crippen LogP contribution in [0.25, 0.3) is 0 Å². The van der Waals surface area contributed by atoms with Gasteiger partial charge < -0.3 is 4.90 Å². The van der Waals surface area contributed by atoms with Crippen molar-refractivity contribution >= 4 is 5.69 Å². The summed E-state index contributed by atoms with van der Waals surface area (Å²) in [5, 5.41) is 8.54. The molecule has 6 heteroatoms. The van der Waals surface area contributed by atoms with Gasteiger partial charge in [-0.15, -0.1) is 0 Å². The van der Waals surface area contributed by atoms with Crippen LogP contribution in [0.1, 0.15) is 5.56 Å². The van der Waals surface area contributed by atoms with Crippen LogP contribution in [0.2, 0.25) is 0 Å². The van der Waals surface area contributed by atoms with Crippen molar-refractivity contribution in [1.82, 2.24) is 0 Å². The maximum absolute atomic E-state index is 12.9. The van der Waals surface area contributed by atoms with E-state index in [2.05, 4.69) is 0 Å². The van der Waals surface area contributed by atoms with Gasteiger partial charge in [0.15, 0.2) is 0 Å². The third-order valence-corrected chi connectivity index (χ3v) is 1.87. The molecule has 0 aliphatic rings. The Morgan fingerprint density at radius 1 is 1.31 bits per heavy atom. The molecule has 0 fully saturated rings. The molecule has 0 aliphatic carbocycles. The lowest BCUT2D eigenvalue weighted by atomic mass is 10.2. The molecule has 0 aromatic heterocycles. The monoisotopic (exact) mass is 232 g/mol. The summed E-state index contributed by atoms with van der Waals surface area (Å²) in [6.45, 7) is -1.19. The second-order valence-corrected chi connectivity index (χ2v) is 3.28. The molecule has 16 heavy (non-hydrogen) atoms. The van der Waals surface area contributed by atoms with E-state index in [1.165, 1.54) is 13.1 Å². The molecule has 0 amide bonds. The molecule has 86 valence electrons. The molecular weight excluding hydrogens is 224 g/mol. The lowest BCUT2D eigenvalue weighted by Gasteiger charge is -2.21. The molecule has 0 spiro atoms. The van der Waals surface area contributed by atoms with Gasteiger partial charge in [-0.25, -0.2) is 4.39 Å². The summed E-state index contributed by atoms with van der Waals surface area (Å²) in [6, 6.07) is 4.80. The number of rotatable bonds is 2. The fourth-order valence-corrected chi connectivity index (χ4v) is 1.22. The van der Waals surface area contributed by atoms with Gasteiger partial charge >= 0.3 is 6.18 Å². The van der Waals surface area contributed by atoms with Crippen LogP contribution in [-0.2, 0) is 0 Å². The summed E-state index contributed by atoms with van der Waals surface area (Å²) in [4.78, 5) is 0.837. The molecule has 0 saturated carbocycles. The molecule has 0 atom stereocenters. The lowest BCUT2D eigenvalue weighted by Crippen LogP contribution is -2.30. The lowest BCUT2D eigenvalue weighted by molar-refractivity contribution is -0.119. The van der Waals surface area contributed by atoms with E-state index in [0.29, 0.717) is 0 Å². The van der Waals surface area contributed by atoms with E-state index < -0.39 is 18.5 Å². The van der Waals surface area contributed by atoms with Crippen molar-refractivity contribution in [1.29, 1.82) is 5.26 Å². The van der Waals surface area contributed by atoms with Crippen LogP contribution in [0.3, 0.4) is 0 Å². The predicted octanol–water partition coefficient (Wildman–Crippen LogP) is 2.70. The van der Waals surface area contributed by atoms with E-state index in [9.17, 15) is 17.6 Å². The molecule has 0 heterocycles. The number of hydrogen-bond acceptors (Lipinski definition) is 2. The van der Waals surface area contributed by atoms with Crippen molar-refractivity contribution in [3.8, 4) is 6.07 Å². The van der Waals surface area contributed by atoms with Crippen molar-refractivity contribution in [2.45, 2.75) is 6.18 Å². The number of halogens is 4. The predicted molar refractivity (Wildman–Crippen MR) is 50.4 cm³/mol. The second kappa shape index (κ2) is 4.39. The van der Waals surface area contributed by atoms with Crippen LogP contribution in [0.4, 0.5) is 23.2 Å². The SMILES string of the molecule is CN(CC(F)(F)F)c1cc(F)cc(C#N)c1. The highest BCUT2D eigenvalue weighted by Crippen LogP contribution is 2.22. The summed E-state index contributed by atoms with van der Waals surface area (Å²) in [5.74, 6) is -0.733. The zero-order valence-corrected chi connectivity index (χ0v) is 8.35. The Hall–Kier alpha value is -1.77. The van der Waals surface area contributed by atoms with E-state index in [-0.39, 0.29) is 11.3 Å². The first kappa shape index (κ1) is 12.3. The molecule has 0 aliphatic heterocycles. The van der Waals surface area contributed by atoms with Crippen LogP contribution in [0.15, 0.2) is 18.2 Å². The zero-order valence-electron chi connectivity index (χ0n) is 8.35. The maximum Gasteiger partial charge on any atom is 0.405 e. The van der Waals surface area contributed by atoms with Gasteiger partial charge in [0.1, 0.15) is 12.4 Å². The molecular formula is C10H8F4N2. The number of benzene rings is 1. The van der Waals surface area contributed by atoms with Gasteiger partial charge in [0, 0.05) is 12.7 Å². The van der Waals surface area contributed by atoms with Gasteiger partial charge in [0.2, 0.25) is 0 Å². The Labute approximate surface area is 89.7 Å². The van der Waals surface area contributed by atoms with Gasteiger partial charge in [-0.1, -0.05) is 0 Å². The van der Waals surface area contributed by atoms with Crippen LogP contribution in [-0.4, -0.2) is 19.8 Å². The first-order valence-electron chi connectivity index (χ1n) is 4.30. The summed E-state index contributed by atoms with van der Waals surface area (Å²) in [5.41, 5.74) is 0.0119. The number of nitriles is 1. The Kier molecular flexibility index (Phi) is 3.38. The highest BCUT2D eigenvalue weighted by molar-refractivity contribution is 5.51. The summed E-state index contributed by atoms with van der Waals surface area (Å²) >= 11 is 0. The van der Waals surface area contributed by atoms with E-state index in [0.717, 1.165) is 17.0 Å². The Morgan fingerprint density at radius 2 is 1.94 bits per heavy atom. The Bertz CT molecular complexity index is 420. The molecule has 0 bridgehead atoms. The van der Waals surface area contributed by atoms with Gasteiger partial charge in [0.25, 0.3) is 0 Å². The fourth-order valence-electron chi connectivity index (χ4n) is 1.22. The first-order valence-corrected chi connectivity index (χ1v) is 4.30. The molecule has 1 aromatic rings. The minimum Gasteiger partial charge on any atom is -0.366 e. The summed E-state index contributed by atoms with van der Waals surface area (Å²) < 4.78 is 49.2. The summed E-state index contributed by atoms with van der Waals surface area (Å²) in [6.07, 6.45) is -4.37. The van der Waals surface area contributed by atoms with Crippen molar-refractivity contribution in [3.63, 3.8) is 0 Å². The zero-order chi connectivity index (χ0) is 12.3. The standard InChI is InChI=1S/C10H8F4N2/c1-16(6-10(12,13)14)9-3-7(5-15)2-8(11)4-9/h2-4H,6H2,1H3. The molecule has 0 radical (unpaired) electrons. The number of hydrogen-bond donors (Lipinski definition) is 0. The topological polar surface area (TPSA) is 27.0 Å². The maximum atomic E-state index is 12.9. The molecule has 2 nitrogen and oxygen atoms in total. The second-order valence-electron chi connectivity index (χ2n) is 3.28. The van der Waals surface area contributed by atoms with Crippen LogP contribution in [0.5, 0.6) is 0 Å². The first-order chi connectivity index (χ1) is 7.31. The molecule has 0 N–H and O–H groups in total. The van der Waals surface area contributed by atoms with Crippen LogP contribution in [0, 0.1) is 17.1 Å². The quantitative estimate of drug-likeness (QED) is 0.733. The molecule has 1 aromatic carbocycles. The van der Waals surface area contributed by atoms with E-state index >= 15 is 0 Å².